The van der Waals surface area contributed by atoms with Crippen molar-refractivity contribution >= 4 is 40.2 Å². The molecule has 1 heterocycles. The van der Waals surface area contributed by atoms with E-state index in [1.165, 1.54) is 13.2 Å². The first-order chi connectivity index (χ1) is 9.31. The molecular weight excluding hydrogens is 319 g/mol. The van der Waals surface area contributed by atoms with Crippen molar-refractivity contribution in [2.75, 3.05) is 12.4 Å². The average Bonchev–Trinajstić information content (AvgIpc) is 2.70. The molecule has 1 N–H and O–H groups in total. The van der Waals surface area contributed by atoms with Crippen molar-refractivity contribution in [3.8, 4) is 0 Å². The van der Waals surface area contributed by atoms with Crippen LogP contribution in [0.15, 0.2) is 27.0 Å². The van der Waals surface area contributed by atoms with Crippen LogP contribution in [-0.2, 0) is 22.1 Å². The fraction of sp³-hybridized carbons (Fsp3) is 0.200. The highest BCUT2D eigenvalue weighted by molar-refractivity contribution is 7.83. The maximum Gasteiger partial charge on any atom is 0.417 e. The van der Waals surface area contributed by atoms with Crippen molar-refractivity contribution in [2.45, 2.75) is 6.18 Å². The number of amidine groups is 1. The molecule has 1 atom stereocenters. The first-order valence-corrected chi connectivity index (χ1v) is 6.53. The first-order valence-electron chi connectivity index (χ1n) is 5.09. The number of benzene rings is 1. The van der Waals surface area contributed by atoms with E-state index in [1.807, 2.05) is 0 Å². The van der Waals surface area contributed by atoms with Gasteiger partial charge in [-0.3, -0.25) is 0 Å². The Labute approximate surface area is 119 Å². The number of hydrogen-bond donors (Lipinski definition) is 1. The molecule has 0 spiro atoms. The Morgan fingerprint density at radius 3 is 2.65 bits per heavy atom. The van der Waals surface area contributed by atoms with E-state index in [1.54, 1.807) is 0 Å². The lowest BCUT2D eigenvalue weighted by molar-refractivity contribution is -0.137. The number of rotatable bonds is 1. The zero-order chi connectivity index (χ0) is 14.9. The molecule has 10 heteroatoms. The van der Waals surface area contributed by atoms with E-state index in [-0.39, 0.29) is 17.4 Å². The molecule has 5 nitrogen and oxygen atoms in total. The summed E-state index contributed by atoms with van der Waals surface area (Å²) in [5, 5.41) is 2.14. The minimum atomic E-state index is -4.58. The van der Waals surface area contributed by atoms with Crippen LogP contribution in [0.1, 0.15) is 5.56 Å². The lowest BCUT2D eigenvalue weighted by atomic mass is 10.2. The highest BCUT2D eigenvalue weighted by Gasteiger charge is 2.33. The molecule has 1 unspecified atom stereocenters. The lowest BCUT2D eigenvalue weighted by Gasteiger charge is -2.12. The van der Waals surface area contributed by atoms with Crippen LogP contribution < -0.4 is 5.32 Å². The zero-order valence-electron chi connectivity index (χ0n) is 9.86. The Bertz CT molecular complexity index is 631. The maximum absolute atomic E-state index is 12.7. The van der Waals surface area contributed by atoms with Gasteiger partial charge < -0.3 is 10.1 Å². The molecule has 0 bridgehead atoms. The van der Waals surface area contributed by atoms with Crippen molar-refractivity contribution in [1.29, 1.82) is 0 Å². The summed E-state index contributed by atoms with van der Waals surface area (Å²) in [7, 11) is 1.28. The topological polar surface area (TPSA) is 63.0 Å². The van der Waals surface area contributed by atoms with Crippen LogP contribution in [0.5, 0.6) is 0 Å². The zero-order valence-corrected chi connectivity index (χ0v) is 11.4. The fourth-order valence-electron chi connectivity index (χ4n) is 1.42. The van der Waals surface area contributed by atoms with Gasteiger partial charge in [0, 0.05) is 5.69 Å². The molecule has 1 aliphatic heterocycles. The van der Waals surface area contributed by atoms with Crippen molar-refractivity contribution in [3.05, 3.63) is 28.8 Å². The SMILES string of the molecule is COC1=NS(=O)N=C1Nc1ccc(Cl)c(C(F)(F)F)c1. The van der Waals surface area contributed by atoms with Crippen LogP contribution in [0.2, 0.25) is 5.02 Å². The lowest BCUT2D eigenvalue weighted by Crippen LogP contribution is -2.22. The van der Waals surface area contributed by atoms with Gasteiger partial charge in [-0.1, -0.05) is 11.6 Å². The molecule has 1 aliphatic rings. The van der Waals surface area contributed by atoms with Crippen LogP contribution in [-0.4, -0.2) is 23.1 Å². The van der Waals surface area contributed by atoms with Gasteiger partial charge in [-0.05, 0) is 18.2 Å². The fourth-order valence-corrected chi connectivity index (χ4v) is 2.27. The van der Waals surface area contributed by atoms with Crippen molar-refractivity contribution < 1.29 is 22.1 Å². The van der Waals surface area contributed by atoms with Gasteiger partial charge >= 0.3 is 6.18 Å². The first kappa shape index (κ1) is 14.8. The van der Waals surface area contributed by atoms with Gasteiger partial charge in [0.15, 0.2) is 0 Å². The summed E-state index contributed by atoms with van der Waals surface area (Å²) < 4.78 is 61.1. The Kier molecular flexibility index (Phi) is 4.00. The maximum atomic E-state index is 12.7. The minimum Gasteiger partial charge on any atom is -0.478 e. The third-order valence-electron chi connectivity index (χ3n) is 2.26. The number of nitrogens with one attached hydrogen (secondary N) is 1. The van der Waals surface area contributed by atoms with Gasteiger partial charge in [-0.25, -0.2) is 4.21 Å². The smallest absolute Gasteiger partial charge is 0.417 e. The number of anilines is 1. The van der Waals surface area contributed by atoms with Crippen molar-refractivity contribution in [3.63, 3.8) is 0 Å². The van der Waals surface area contributed by atoms with Crippen LogP contribution >= 0.6 is 11.6 Å². The number of hydrogen-bond acceptors (Lipinski definition) is 3. The monoisotopic (exact) mass is 325 g/mol. The minimum absolute atomic E-state index is 0.0127. The summed E-state index contributed by atoms with van der Waals surface area (Å²) in [6.45, 7) is 0. The molecule has 0 aromatic heterocycles. The third kappa shape index (κ3) is 3.10. The average molecular weight is 326 g/mol. The van der Waals surface area contributed by atoms with Crippen LogP contribution in [0.3, 0.4) is 0 Å². The molecular formula is C10H7ClF3N3O2S. The predicted molar refractivity (Wildman–Crippen MR) is 70.1 cm³/mol. The Morgan fingerprint density at radius 1 is 1.35 bits per heavy atom. The van der Waals surface area contributed by atoms with Gasteiger partial charge in [0.2, 0.25) is 5.84 Å². The van der Waals surface area contributed by atoms with E-state index in [9.17, 15) is 17.4 Å². The highest BCUT2D eigenvalue weighted by Crippen LogP contribution is 2.36. The molecule has 1 aromatic rings. The van der Waals surface area contributed by atoms with Gasteiger partial charge in [0.25, 0.3) is 17.1 Å². The van der Waals surface area contributed by atoms with E-state index >= 15 is 0 Å². The Hall–Kier alpha value is -1.61. The second-order valence-electron chi connectivity index (χ2n) is 3.59. The molecule has 2 rings (SSSR count). The highest BCUT2D eigenvalue weighted by atomic mass is 35.5. The number of methoxy groups -OCH3 is 1. The second-order valence-corrected chi connectivity index (χ2v) is 4.82. The number of alkyl halides is 3. The molecule has 0 fully saturated rings. The molecule has 20 heavy (non-hydrogen) atoms. The van der Waals surface area contributed by atoms with E-state index < -0.39 is 27.9 Å². The Morgan fingerprint density at radius 2 is 2.05 bits per heavy atom. The summed E-state index contributed by atoms with van der Waals surface area (Å²) >= 11 is 3.66. The summed E-state index contributed by atoms with van der Waals surface area (Å²) in [6.07, 6.45) is -4.58. The standard InChI is InChI=1S/C10H7ClF3N3O2S/c1-19-9-8(16-20(18)17-9)15-5-2-3-7(11)6(4-5)10(12,13)14/h2-4H,1H3,(H,15,16). The number of ether oxygens (including phenoxy) is 1. The summed E-state index contributed by atoms with van der Waals surface area (Å²) in [5.41, 5.74) is -0.913. The molecule has 0 amide bonds. The molecule has 0 radical (unpaired) electrons. The summed E-state index contributed by atoms with van der Waals surface area (Å²) in [4.78, 5) is 0. The van der Waals surface area contributed by atoms with E-state index in [4.69, 9.17) is 16.3 Å². The third-order valence-corrected chi connectivity index (χ3v) is 3.25. The van der Waals surface area contributed by atoms with E-state index in [0.29, 0.717) is 0 Å². The second kappa shape index (κ2) is 5.41. The van der Waals surface area contributed by atoms with Crippen LogP contribution in [0.25, 0.3) is 0 Å². The van der Waals surface area contributed by atoms with Gasteiger partial charge in [0.1, 0.15) is 0 Å². The molecule has 108 valence electrons. The molecule has 0 saturated carbocycles. The van der Waals surface area contributed by atoms with Crippen LogP contribution in [0.4, 0.5) is 18.9 Å². The van der Waals surface area contributed by atoms with Crippen LogP contribution in [0, 0.1) is 0 Å². The Balaban J connectivity index is 2.30. The normalized spacial score (nSPS) is 18.6. The summed E-state index contributed by atoms with van der Waals surface area (Å²) in [6, 6.07) is 3.25. The predicted octanol–water partition coefficient (Wildman–Crippen LogP) is 2.81. The van der Waals surface area contributed by atoms with Crippen molar-refractivity contribution in [2.24, 2.45) is 8.80 Å². The van der Waals surface area contributed by atoms with Crippen molar-refractivity contribution in [1.82, 2.24) is 0 Å². The van der Waals surface area contributed by atoms with Gasteiger partial charge in [0.05, 0.1) is 17.7 Å². The quantitative estimate of drug-likeness (QED) is 0.863. The van der Waals surface area contributed by atoms with E-state index in [0.717, 1.165) is 12.1 Å². The molecule has 0 aliphatic carbocycles. The molecule has 0 saturated heterocycles. The number of halogens is 4. The van der Waals surface area contributed by atoms with E-state index in [2.05, 4.69) is 14.1 Å². The summed E-state index contributed by atoms with van der Waals surface area (Å²) in [5.74, 6) is -0.0619. The van der Waals surface area contributed by atoms with Gasteiger partial charge in [-0.15, -0.1) is 8.80 Å². The largest absolute Gasteiger partial charge is 0.478 e. The molecule has 1 aromatic carbocycles. The number of nitrogens with zero attached hydrogens (tertiary/aromatic N) is 2. The van der Waals surface area contributed by atoms with Gasteiger partial charge in [-0.2, -0.15) is 13.2 Å².